The van der Waals surface area contributed by atoms with Crippen LogP contribution in [-0.4, -0.2) is 141 Å². The number of ether oxygens (including phenoxy) is 14. The predicted octanol–water partition coefficient (Wildman–Crippen LogP) is 25.1. The first kappa shape index (κ1) is 98.3. The molecule has 0 aliphatic heterocycles. The van der Waals surface area contributed by atoms with Gasteiger partial charge in [0.2, 0.25) is 0 Å². The number of rotatable bonds is 30. The maximum atomic E-state index is 5.97. The summed E-state index contributed by atoms with van der Waals surface area (Å²) in [5.41, 5.74) is 3.96. The van der Waals surface area contributed by atoms with Crippen LogP contribution >= 0.6 is 0 Å². The van der Waals surface area contributed by atoms with Crippen LogP contribution in [0.15, 0.2) is 11.6 Å². The van der Waals surface area contributed by atoms with Crippen molar-refractivity contribution >= 4 is 0 Å². The fourth-order valence-corrected chi connectivity index (χ4v) is 25.6. The van der Waals surface area contributed by atoms with Crippen molar-refractivity contribution in [2.75, 3.05) is 111 Å². The van der Waals surface area contributed by atoms with Crippen molar-refractivity contribution in [1.29, 1.82) is 0 Å². The number of allylic oxidation sites excluding steroid dienone is 1. The fraction of sp³-hybridized carbons (Fsp3) is 0.980. The van der Waals surface area contributed by atoms with Gasteiger partial charge in [0.25, 0.3) is 0 Å². The van der Waals surface area contributed by atoms with E-state index in [0.717, 1.165) is 120 Å². The van der Waals surface area contributed by atoms with Crippen LogP contribution in [0.25, 0.3) is 0 Å². The largest absolute Gasteiger partial charge is 0.359 e. The first-order valence-corrected chi connectivity index (χ1v) is 47.1. The third-order valence-corrected chi connectivity index (χ3v) is 32.0. The topological polar surface area (TPSA) is 129 Å². The Balaban J connectivity index is 0.000000188. The van der Waals surface area contributed by atoms with E-state index in [1.165, 1.54) is 244 Å². The molecule has 13 aliphatic carbocycles. The molecule has 19 atom stereocenters. The van der Waals surface area contributed by atoms with Crippen LogP contribution in [-0.2, 0) is 66.3 Å². The Bertz CT molecular complexity index is 2460. The second-order valence-electron chi connectivity index (χ2n) is 41.9. The summed E-state index contributed by atoms with van der Waals surface area (Å²) in [7, 11) is 11.9. The molecular weight excluding hydrogens is 1400 g/mol. The number of fused-ring (bicyclic) bond motifs is 9. The van der Waals surface area contributed by atoms with E-state index in [1.807, 2.05) is 0 Å². The van der Waals surface area contributed by atoms with E-state index in [1.54, 1.807) is 55.3 Å². The molecule has 0 amide bonds. The molecule has 4 bridgehead atoms. The molecule has 12 fully saturated rings. The molecule has 14 heteroatoms. The van der Waals surface area contributed by atoms with E-state index in [9.17, 15) is 0 Å². The SMILES string of the molecule is COCOC1C2(C)CCC(C2)C1(C)C.COCOC1CC(C)CCC1C(C)C.COCOC1CCC(C(C)(C)C)CC1.COCOC1CCC2(C)C(=CCC3C2CCC2(C)C(C(C)CCCC(C)C)CCC32)C1.COCOC1CCCCC1C1CCCCC1.COCOCC1CC2CCC1C2.COCOCC1CCCCC1. The minimum Gasteiger partial charge on any atom is -0.359 e. The molecule has 0 heterocycles. The summed E-state index contributed by atoms with van der Waals surface area (Å²) >= 11 is 0. The van der Waals surface area contributed by atoms with Crippen LogP contribution in [0.5, 0.6) is 0 Å². The van der Waals surface area contributed by atoms with Crippen molar-refractivity contribution in [3.63, 3.8) is 0 Å². The van der Waals surface area contributed by atoms with Gasteiger partial charge in [-0.25, -0.2) is 0 Å². The highest BCUT2D eigenvalue weighted by atomic mass is 16.7. The van der Waals surface area contributed by atoms with Gasteiger partial charge in [-0.15, -0.1) is 0 Å². The average molecular weight is 1580 g/mol. The second kappa shape index (κ2) is 50.6. The molecule has 12 saturated carbocycles. The van der Waals surface area contributed by atoms with Gasteiger partial charge in [0, 0.05) is 49.8 Å². The monoisotopic (exact) mass is 1580 g/mol. The van der Waals surface area contributed by atoms with Crippen molar-refractivity contribution in [2.45, 2.75) is 378 Å². The summed E-state index contributed by atoms with van der Waals surface area (Å²) < 4.78 is 74.6. The fourth-order valence-electron chi connectivity index (χ4n) is 25.6. The first-order valence-electron chi connectivity index (χ1n) is 47.1. The Morgan fingerprint density at radius 1 is 0.473 bits per heavy atom. The Morgan fingerprint density at radius 2 is 1.07 bits per heavy atom. The van der Waals surface area contributed by atoms with E-state index in [0.29, 0.717) is 105 Å². The van der Waals surface area contributed by atoms with E-state index >= 15 is 0 Å². The zero-order chi connectivity index (χ0) is 81.3. The van der Waals surface area contributed by atoms with Crippen molar-refractivity contribution in [3.8, 4) is 0 Å². The van der Waals surface area contributed by atoms with Gasteiger partial charge in [-0.3, -0.25) is 0 Å². The molecule has 0 aromatic carbocycles. The van der Waals surface area contributed by atoms with Crippen LogP contribution in [0.3, 0.4) is 0 Å². The van der Waals surface area contributed by atoms with Crippen LogP contribution < -0.4 is 0 Å². The third-order valence-electron chi connectivity index (χ3n) is 32.0. The van der Waals surface area contributed by atoms with Gasteiger partial charge in [-0.05, 0) is 282 Å². The van der Waals surface area contributed by atoms with Gasteiger partial charge >= 0.3 is 0 Å². The molecule has 0 saturated heterocycles. The van der Waals surface area contributed by atoms with Crippen LogP contribution in [0.2, 0.25) is 0 Å². The molecule has 0 N–H and O–H groups in total. The lowest BCUT2D eigenvalue weighted by Gasteiger charge is -2.58. The van der Waals surface area contributed by atoms with Gasteiger partial charge in [-0.2, -0.15) is 0 Å². The molecule has 0 aromatic rings. The van der Waals surface area contributed by atoms with Crippen LogP contribution in [0.4, 0.5) is 0 Å². The Morgan fingerprint density at radius 3 is 1.66 bits per heavy atom. The molecule has 14 nitrogen and oxygen atoms in total. The predicted molar refractivity (Wildman–Crippen MR) is 458 cm³/mol. The van der Waals surface area contributed by atoms with E-state index in [4.69, 9.17) is 66.3 Å². The molecule has 658 valence electrons. The Labute approximate surface area is 690 Å². The van der Waals surface area contributed by atoms with E-state index in [-0.39, 0.29) is 0 Å². The Hall–Kier alpha value is -0.820. The molecule has 112 heavy (non-hydrogen) atoms. The maximum Gasteiger partial charge on any atom is 0.146 e. The number of methoxy groups -OCH3 is 7. The normalized spacial score (nSPS) is 36.3. The Kier molecular flexibility index (Phi) is 44.4. The number of hydrogen-bond donors (Lipinski definition) is 0. The lowest BCUT2D eigenvalue weighted by atomic mass is 9.47. The highest BCUT2D eigenvalue weighted by Gasteiger charge is 2.61. The molecule has 19 unspecified atom stereocenters. The summed E-state index contributed by atoms with van der Waals surface area (Å²) in [6, 6.07) is 0. The minimum absolute atomic E-state index is 0.339. The quantitative estimate of drug-likeness (QED) is 0.0384. The highest BCUT2D eigenvalue weighted by Crippen LogP contribution is 2.68. The zero-order valence-electron chi connectivity index (χ0n) is 76.9. The minimum atomic E-state index is 0.339. The van der Waals surface area contributed by atoms with E-state index < -0.39 is 0 Å². The van der Waals surface area contributed by atoms with Gasteiger partial charge < -0.3 is 66.3 Å². The maximum absolute atomic E-state index is 5.97. The molecule has 0 spiro atoms. The molecular formula is C98H182O14. The molecule has 13 rings (SSSR count). The van der Waals surface area contributed by atoms with Crippen molar-refractivity contribution in [2.24, 2.45) is 128 Å². The molecule has 13 aliphatic rings. The second-order valence-corrected chi connectivity index (χ2v) is 41.9. The first-order chi connectivity index (χ1) is 53.7. The van der Waals surface area contributed by atoms with Gasteiger partial charge in [0.15, 0.2) is 0 Å². The summed E-state index contributed by atoms with van der Waals surface area (Å²) in [5.74, 6) is 14.9. The van der Waals surface area contributed by atoms with Crippen molar-refractivity contribution < 1.29 is 66.3 Å². The lowest BCUT2D eigenvalue weighted by Crippen LogP contribution is -2.51. The van der Waals surface area contributed by atoms with Gasteiger partial charge in [-0.1, -0.05) is 205 Å². The zero-order valence-corrected chi connectivity index (χ0v) is 76.9. The average Bonchev–Trinajstić information content (AvgIpc) is 1.42. The summed E-state index contributed by atoms with van der Waals surface area (Å²) in [6.45, 7) is 38.7. The number of hydrogen-bond acceptors (Lipinski definition) is 14. The highest BCUT2D eigenvalue weighted by molar-refractivity contribution is 5.25. The summed E-state index contributed by atoms with van der Waals surface area (Å²) in [6.07, 6.45) is 58.2. The van der Waals surface area contributed by atoms with Crippen molar-refractivity contribution in [3.05, 3.63) is 11.6 Å². The summed E-state index contributed by atoms with van der Waals surface area (Å²) in [4.78, 5) is 0. The van der Waals surface area contributed by atoms with Gasteiger partial charge in [0.1, 0.15) is 47.6 Å². The van der Waals surface area contributed by atoms with E-state index in [2.05, 4.69) is 103 Å². The molecule has 0 radical (unpaired) electrons. The van der Waals surface area contributed by atoms with Crippen LogP contribution in [0.1, 0.15) is 347 Å². The molecule has 0 aromatic heterocycles. The third kappa shape index (κ3) is 29.8. The summed E-state index contributed by atoms with van der Waals surface area (Å²) in [5, 5.41) is 0. The standard InChI is InChI=1S/C29H50O2.C14H26O2.C12H22O2.2C12H24O2.C10H18O2.C9H18O2/c1-20(2)8-7-9-21(3)25-12-13-26-24-11-10-22-18-23(31-19-30-6)14-16-28(22,4)27(24)15-17-29(25,26)5;1-15-11-16-14-10-6-5-9-13(14)12-7-3-2-4-8-12;1-11(2)9-5-6-12(3,7-9)10(11)14-8-13-4;1-12(2,3)10-5-7-11(8-6-10)14-9-13-4;1-9(2)11-6-5-10(3)7-12(11)14-8-13-4;1-11-7-12-6-10-5-8-2-3-9(10)4-8;1-10-8-11-7-9-5-3-2-4-6-9/h10,20-21,23-27H,7-9,11-19H2,1-6H3;12-14H,2-11H2,1H3;9-10H,5-8H2,1-4H3;10-11H,5-9H2,1-4H3;9-12H,5-8H2,1-4H3;8-10H,2-7H2,1H3;9H,2-8H2,1H3. The van der Waals surface area contributed by atoms with Gasteiger partial charge in [0.05, 0.1) is 43.7 Å². The van der Waals surface area contributed by atoms with Crippen LogP contribution in [0, 0.1) is 128 Å². The smallest absolute Gasteiger partial charge is 0.146 e. The van der Waals surface area contributed by atoms with Crippen molar-refractivity contribution in [1.82, 2.24) is 0 Å². The lowest BCUT2D eigenvalue weighted by molar-refractivity contribution is -0.149.